The molecule has 0 spiro atoms. The lowest BCUT2D eigenvalue weighted by atomic mass is 10.2. The Morgan fingerprint density at radius 1 is 1.44 bits per heavy atom. The maximum Gasteiger partial charge on any atom is 0.251 e. The third-order valence-corrected chi connectivity index (χ3v) is 4.19. The van der Waals surface area contributed by atoms with E-state index in [1.165, 1.54) is 10.6 Å². The van der Waals surface area contributed by atoms with Gasteiger partial charge in [0.05, 0.1) is 11.6 Å². The van der Waals surface area contributed by atoms with Gasteiger partial charge < -0.3 is 4.57 Å². The average Bonchev–Trinajstić information content (AvgIpc) is 2.32. The largest absolute Gasteiger partial charge is 0.310 e. The number of pyridine rings is 1. The molecule has 2 aromatic rings. The second kappa shape index (κ2) is 5.40. The van der Waals surface area contributed by atoms with E-state index >= 15 is 0 Å². The Bertz CT molecular complexity index is 654. The average molecular weight is 378 g/mol. The highest BCUT2D eigenvalue weighted by atomic mass is 127. The van der Waals surface area contributed by atoms with Gasteiger partial charge in [-0.2, -0.15) is 0 Å². The van der Waals surface area contributed by atoms with Crippen molar-refractivity contribution in [2.45, 2.75) is 13.5 Å². The van der Waals surface area contributed by atoms with Gasteiger partial charge in [-0.3, -0.25) is 4.79 Å². The summed E-state index contributed by atoms with van der Waals surface area (Å²) in [6.07, 6.45) is 1.75. The van der Waals surface area contributed by atoms with E-state index in [0.717, 1.165) is 9.13 Å². The normalized spacial score (nSPS) is 10.7. The number of rotatable bonds is 2. The Morgan fingerprint density at radius 3 is 2.89 bits per heavy atom. The highest BCUT2D eigenvalue weighted by Gasteiger charge is 2.08. The van der Waals surface area contributed by atoms with Crippen LogP contribution < -0.4 is 5.56 Å². The predicted molar refractivity (Wildman–Crippen MR) is 78.7 cm³/mol. The summed E-state index contributed by atoms with van der Waals surface area (Å²) < 4.78 is 15.8. The molecule has 1 aromatic carbocycles. The molecule has 1 heterocycles. The summed E-state index contributed by atoms with van der Waals surface area (Å²) in [6, 6.07) is 6.16. The van der Waals surface area contributed by atoms with E-state index in [1.54, 1.807) is 24.4 Å². The van der Waals surface area contributed by atoms with Crippen molar-refractivity contribution in [2.24, 2.45) is 0 Å². The zero-order valence-corrected chi connectivity index (χ0v) is 12.5. The van der Waals surface area contributed by atoms with E-state index < -0.39 is 5.82 Å². The van der Waals surface area contributed by atoms with Gasteiger partial charge >= 0.3 is 0 Å². The van der Waals surface area contributed by atoms with Crippen molar-refractivity contribution in [3.05, 3.63) is 66.4 Å². The van der Waals surface area contributed by atoms with Gasteiger partial charge in [0, 0.05) is 15.8 Å². The maximum atomic E-state index is 13.3. The fourth-order valence-corrected chi connectivity index (χ4v) is 2.29. The number of nitrogens with zero attached hydrogens (tertiary/aromatic N) is 1. The Morgan fingerprint density at radius 2 is 2.17 bits per heavy atom. The van der Waals surface area contributed by atoms with Crippen LogP contribution in [-0.4, -0.2) is 4.57 Å². The molecule has 0 atom stereocenters. The van der Waals surface area contributed by atoms with Crippen LogP contribution in [0.2, 0.25) is 5.02 Å². The number of halogens is 3. The number of hydrogen-bond acceptors (Lipinski definition) is 1. The molecular formula is C13H10ClFINO. The highest BCUT2D eigenvalue weighted by molar-refractivity contribution is 14.1. The van der Waals surface area contributed by atoms with Crippen LogP contribution in [0.15, 0.2) is 35.3 Å². The summed E-state index contributed by atoms with van der Waals surface area (Å²) in [4.78, 5) is 11.8. The van der Waals surface area contributed by atoms with Crippen molar-refractivity contribution < 1.29 is 4.39 Å². The highest BCUT2D eigenvalue weighted by Crippen LogP contribution is 2.20. The van der Waals surface area contributed by atoms with Crippen LogP contribution in [0.3, 0.4) is 0 Å². The van der Waals surface area contributed by atoms with Crippen LogP contribution in [0, 0.1) is 16.3 Å². The van der Waals surface area contributed by atoms with Gasteiger partial charge in [-0.1, -0.05) is 23.7 Å². The standard InChI is InChI=1S/C13H10ClFINO/c1-8-5-12(18)17(7-11(8)16)6-9-3-2-4-10(15)13(9)14/h2-5,7H,6H2,1H3. The zero-order valence-electron chi connectivity index (χ0n) is 9.58. The van der Waals surface area contributed by atoms with Crippen LogP contribution in [-0.2, 0) is 6.54 Å². The molecule has 0 amide bonds. The topological polar surface area (TPSA) is 22.0 Å². The Balaban J connectivity index is 2.43. The van der Waals surface area contributed by atoms with Gasteiger partial charge in [0.15, 0.2) is 0 Å². The first kappa shape index (κ1) is 13.5. The minimum atomic E-state index is -0.468. The zero-order chi connectivity index (χ0) is 13.3. The molecule has 0 aliphatic carbocycles. The van der Waals surface area contributed by atoms with Crippen LogP contribution in [0.5, 0.6) is 0 Å². The maximum absolute atomic E-state index is 13.3. The van der Waals surface area contributed by atoms with Crippen molar-refractivity contribution in [3.8, 4) is 0 Å². The van der Waals surface area contributed by atoms with E-state index in [4.69, 9.17) is 11.6 Å². The van der Waals surface area contributed by atoms with Crippen molar-refractivity contribution in [1.82, 2.24) is 4.57 Å². The summed E-state index contributed by atoms with van der Waals surface area (Å²) in [7, 11) is 0. The molecule has 94 valence electrons. The fraction of sp³-hybridized carbons (Fsp3) is 0.154. The molecule has 0 saturated heterocycles. The molecule has 0 N–H and O–H groups in total. The van der Waals surface area contributed by atoms with Gasteiger partial charge in [0.25, 0.3) is 5.56 Å². The van der Waals surface area contributed by atoms with Crippen LogP contribution in [0.4, 0.5) is 4.39 Å². The number of aryl methyl sites for hydroxylation is 1. The molecule has 18 heavy (non-hydrogen) atoms. The third kappa shape index (κ3) is 2.75. The van der Waals surface area contributed by atoms with E-state index in [2.05, 4.69) is 22.6 Å². The SMILES string of the molecule is Cc1cc(=O)n(Cc2cccc(F)c2Cl)cc1I. The summed E-state index contributed by atoms with van der Waals surface area (Å²) in [5.74, 6) is -0.468. The summed E-state index contributed by atoms with van der Waals surface area (Å²) >= 11 is 8.03. The molecule has 0 aliphatic heterocycles. The van der Waals surface area contributed by atoms with Crippen molar-refractivity contribution in [2.75, 3.05) is 0 Å². The smallest absolute Gasteiger partial charge is 0.251 e. The first-order valence-corrected chi connectivity index (χ1v) is 6.74. The van der Waals surface area contributed by atoms with Crippen molar-refractivity contribution in [1.29, 1.82) is 0 Å². The number of aromatic nitrogens is 1. The van der Waals surface area contributed by atoms with E-state index in [9.17, 15) is 9.18 Å². The van der Waals surface area contributed by atoms with E-state index in [0.29, 0.717) is 5.56 Å². The van der Waals surface area contributed by atoms with Gasteiger partial charge in [-0.25, -0.2) is 4.39 Å². The van der Waals surface area contributed by atoms with Crippen molar-refractivity contribution >= 4 is 34.2 Å². The van der Waals surface area contributed by atoms with Gasteiger partial charge in [-0.05, 0) is 46.7 Å². The van der Waals surface area contributed by atoms with Gasteiger partial charge in [-0.15, -0.1) is 0 Å². The first-order chi connectivity index (χ1) is 8.49. The van der Waals surface area contributed by atoms with E-state index in [-0.39, 0.29) is 17.1 Å². The Hall–Kier alpha value is -0.880. The van der Waals surface area contributed by atoms with Crippen LogP contribution >= 0.6 is 34.2 Å². The monoisotopic (exact) mass is 377 g/mol. The molecule has 1 aromatic heterocycles. The first-order valence-electron chi connectivity index (χ1n) is 5.28. The fourth-order valence-electron chi connectivity index (χ4n) is 1.62. The Labute approximate surface area is 123 Å². The molecule has 0 bridgehead atoms. The molecule has 0 saturated carbocycles. The molecule has 5 heteroatoms. The minimum absolute atomic E-state index is 0.0694. The lowest BCUT2D eigenvalue weighted by Gasteiger charge is -2.09. The second-order valence-corrected chi connectivity index (χ2v) is 5.52. The van der Waals surface area contributed by atoms with E-state index in [1.807, 2.05) is 6.92 Å². The second-order valence-electron chi connectivity index (χ2n) is 3.98. The predicted octanol–water partition coefficient (Wildman–Crippen LogP) is 3.60. The number of benzene rings is 1. The Kier molecular flexibility index (Phi) is 4.07. The quantitative estimate of drug-likeness (QED) is 0.733. The summed E-state index contributed by atoms with van der Waals surface area (Å²) in [5, 5.41) is 0.0694. The molecule has 2 rings (SSSR count). The lowest BCUT2D eigenvalue weighted by molar-refractivity contribution is 0.623. The van der Waals surface area contributed by atoms with Gasteiger partial charge in [0.2, 0.25) is 0 Å². The third-order valence-electron chi connectivity index (χ3n) is 2.64. The molecular weight excluding hydrogens is 368 g/mol. The molecule has 0 radical (unpaired) electrons. The molecule has 0 unspecified atom stereocenters. The minimum Gasteiger partial charge on any atom is -0.310 e. The van der Waals surface area contributed by atoms with Crippen molar-refractivity contribution in [3.63, 3.8) is 0 Å². The number of hydrogen-bond donors (Lipinski definition) is 0. The summed E-state index contributed by atoms with van der Waals surface area (Å²) in [6.45, 7) is 2.15. The summed E-state index contributed by atoms with van der Waals surface area (Å²) in [5.41, 5.74) is 1.41. The molecule has 2 nitrogen and oxygen atoms in total. The molecule has 0 fully saturated rings. The van der Waals surface area contributed by atoms with Crippen LogP contribution in [0.25, 0.3) is 0 Å². The van der Waals surface area contributed by atoms with Crippen LogP contribution in [0.1, 0.15) is 11.1 Å². The molecule has 0 aliphatic rings. The van der Waals surface area contributed by atoms with Gasteiger partial charge in [0.1, 0.15) is 5.82 Å². The lowest BCUT2D eigenvalue weighted by Crippen LogP contribution is -2.20.